The molecule has 0 radical (unpaired) electrons. The molecule has 1 aliphatic carbocycles. The molecule has 5 nitrogen and oxygen atoms in total. The third kappa shape index (κ3) is 4.42. The maximum atomic E-state index is 12.4. The van der Waals surface area contributed by atoms with Crippen LogP contribution in [0, 0.1) is 19.3 Å². The second-order valence-electron chi connectivity index (χ2n) is 6.98. The third-order valence-electron chi connectivity index (χ3n) is 4.76. The van der Waals surface area contributed by atoms with Crippen molar-refractivity contribution in [2.24, 2.45) is 4.99 Å². The van der Waals surface area contributed by atoms with Gasteiger partial charge in [0.1, 0.15) is 0 Å². The number of hydrogen-bond donors (Lipinski definition) is 2. The molecular formula is C22H25N3O2. The molecule has 140 valence electrons. The Morgan fingerprint density at radius 2 is 1.78 bits per heavy atom. The van der Waals surface area contributed by atoms with Gasteiger partial charge in [-0.1, -0.05) is 12.1 Å². The molecule has 0 atom stereocenters. The van der Waals surface area contributed by atoms with Crippen LogP contribution in [0.1, 0.15) is 46.8 Å². The summed E-state index contributed by atoms with van der Waals surface area (Å²) in [5.74, 6) is 0.506. The molecule has 0 spiro atoms. The lowest BCUT2D eigenvalue weighted by Crippen LogP contribution is -2.25. The summed E-state index contributed by atoms with van der Waals surface area (Å²) < 4.78 is 5.38. The second-order valence-corrected chi connectivity index (χ2v) is 6.98. The van der Waals surface area contributed by atoms with E-state index in [2.05, 4.69) is 10.3 Å². The van der Waals surface area contributed by atoms with Gasteiger partial charge in [-0.2, -0.15) is 0 Å². The van der Waals surface area contributed by atoms with Crippen molar-refractivity contribution in [3.05, 3.63) is 58.7 Å². The van der Waals surface area contributed by atoms with E-state index in [0.29, 0.717) is 23.1 Å². The van der Waals surface area contributed by atoms with E-state index in [1.54, 1.807) is 14.0 Å². The van der Waals surface area contributed by atoms with E-state index in [4.69, 9.17) is 10.1 Å². The van der Waals surface area contributed by atoms with Crippen LogP contribution in [0.2, 0.25) is 0 Å². The van der Waals surface area contributed by atoms with Crippen molar-refractivity contribution in [3.63, 3.8) is 0 Å². The Morgan fingerprint density at radius 3 is 2.41 bits per heavy atom. The summed E-state index contributed by atoms with van der Waals surface area (Å²) in [5.41, 5.74) is 5.58. The predicted molar refractivity (Wildman–Crippen MR) is 109 cm³/mol. The van der Waals surface area contributed by atoms with Crippen molar-refractivity contribution in [2.75, 3.05) is 7.05 Å². The van der Waals surface area contributed by atoms with Gasteiger partial charge in [0.15, 0.2) is 5.90 Å². The smallest absolute Gasteiger partial charge is 0.251 e. The first-order valence-corrected chi connectivity index (χ1v) is 9.11. The fourth-order valence-corrected chi connectivity index (χ4v) is 2.91. The lowest BCUT2D eigenvalue weighted by Gasteiger charge is -2.14. The zero-order valence-electron chi connectivity index (χ0n) is 16.2. The van der Waals surface area contributed by atoms with Crippen LogP contribution in [0.5, 0.6) is 0 Å². The summed E-state index contributed by atoms with van der Waals surface area (Å²) in [6.07, 6.45) is 2.14. The molecule has 0 heterocycles. The molecule has 5 heteroatoms. The van der Waals surface area contributed by atoms with Crippen molar-refractivity contribution < 1.29 is 9.53 Å². The van der Waals surface area contributed by atoms with Crippen molar-refractivity contribution in [3.8, 4) is 11.1 Å². The summed E-state index contributed by atoms with van der Waals surface area (Å²) in [5, 5.41) is 11.1. The van der Waals surface area contributed by atoms with Crippen molar-refractivity contribution in [1.82, 2.24) is 5.32 Å². The zero-order valence-corrected chi connectivity index (χ0v) is 16.2. The van der Waals surface area contributed by atoms with Crippen molar-refractivity contribution in [1.29, 1.82) is 5.41 Å². The van der Waals surface area contributed by atoms with Crippen LogP contribution in [0.3, 0.4) is 0 Å². The van der Waals surface area contributed by atoms with Crippen LogP contribution in [-0.2, 0) is 4.74 Å². The number of rotatable bonds is 4. The molecule has 0 bridgehead atoms. The number of aryl methyl sites for hydroxylation is 2. The number of carbonyl (C=O) groups excluding carboxylic acids is 1. The summed E-state index contributed by atoms with van der Waals surface area (Å²) in [6.45, 7) is 5.76. The van der Waals surface area contributed by atoms with E-state index in [1.165, 1.54) is 0 Å². The minimum Gasteiger partial charge on any atom is -0.425 e. The molecule has 0 aromatic heterocycles. The van der Waals surface area contributed by atoms with Gasteiger partial charge in [0.2, 0.25) is 5.90 Å². The first-order valence-electron chi connectivity index (χ1n) is 9.11. The molecule has 0 unspecified atom stereocenters. The first kappa shape index (κ1) is 18.8. The topological polar surface area (TPSA) is 74.5 Å². The lowest BCUT2D eigenvalue weighted by atomic mass is 9.93. The van der Waals surface area contributed by atoms with Crippen LogP contribution in [0.4, 0.5) is 0 Å². The van der Waals surface area contributed by atoms with Gasteiger partial charge in [-0.15, -0.1) is 0 Å². The Balaban J connectivity index is 1.89. The maximum absolute atomic E-state index is 12.4. The molecule has 27 heavy (non-hydrogen) atoms. The summed E-state index contributed by atoms with van der Waals surface area (Å²) in [6, 6.07) is 11.9. The fraction of sp³-hybridized carbons (Fsp3) is 0.318. The van der Waals surface area contributed by atoms with Crippen LogP contribution in [-0.4, -0.2) is 30.8 Å². The molecular weight excluding hydrogens is 338 g/mol. The molecule has 2 aromatic rings. The number of nitrogens with one attached hydrogen (secondary N) is 2. The van der Waals surface area contributed by atoms with Crippen LogP contribution >= 0.6 is 0 Å². The van der Waals surface area contributed by atoms with Gasteiger partial charge in [-0.3, -0.25) is 15.2 Å². The predicted octanol–water partition coefficient (Wildman–Crippen LogP) is 4.25. The van der Waals surface area contributed by atoms with E-state index in [1.807, 2.05) is 50.2 Å². The fourth-order valence-electron chi connectivity index (χ4n) is 2.91. The van der Waals surface area contributed by atoms with Crippen LogP contribution in [0.15, 0.2) is 41.4 Å². The second kappa shape index (κ2) is 7.74. The Hall–Kier alpha value is -2.95. The SMILES string of the molecule is C/N=C(/C)OC(=N)c1ccc(-c2cc(C(=O)NC3CC3)ccc2C)c(C)c1. The van der Waals surface area contributed by atoms with E-state index in [0.717, 1.165) is 35.1 Å². The average molecular weight is 363 g/mol. The molecule has 0 aliphatic heterocycles. The molecule has 1 aliphatic rings. The Labute approximate surface area is 160 Å². The molecule has 2 N–H and O–H groups in total. The number of aliphatic imine (C=N–C) groups is 1. The Morgan fingerprint density at radius 1 is 1.07 bits per heavy atom. The van der Waals surface area contributed by atoms with Crippen LogP contribution < -0.4 is 5.32 Å². The highest BCUT2D eigenvalue weighted by molar-refractivity contribution is 6.00. The van der Waals surface area contributed by atoms with Gasteiger partial charge in [-0.05, 0) is 73.2 Å². The molecule has 3 rings (SSSR count). The zero-order chi connectivity index (χ0) is 19.6. The quantitative estimate of drug-likeness (QED) is 0.629. The Kier molecular flexibility index (Phi) is 5.40. The lowest BCUT2D eigenvalue weighted by molar-refractivity contribution is 0.0951. The van der Waals surface area contributed by atoms with Gasteiger partial charge in [-0.25, -0.2) is 0 Å². The average Bonchev–Trinajstić information content (AvgIpc) is 3.46. The molecule has 1 fully saturated rings. The standard InChI is InChI=1S/C22H25N3O2/c1-13-5-6-17(22(26)25-18-8-9-18)12-20(13)19-10-7-16(11-14(19)2)21(23)27-15(3)24-4/h5-7,10-12,18,23H,8-9H2,1-4H3,(H,25,26)/b23-21?,24-15-. The summed E-state index contributed by atoms with van der Waals surface area (Å²) in [4.78, 5) is 16.3. The van der Waals surface area contributed by atoms with Crippen molar-refractivity contribution in [2.45, 2.75) is 39.7 Å². The van der Waals surface area contributed by atoms with Gasteiger partial charge in [0, 0.05) is 31.1 Å². The highest BCUT2D eigenvalue weighted by Crippen LogP contribution is 2.29. The van der Waals surface area contributed by atoms with E-state index in [-0.39, 0.29) is 11.8 Å². The number of hydrogen-bond acceptors (Lipinski definition) is 4. The molecule has 2 aromatic carbocycles. The largest absolute Gasteiger partial charge is 0.425 e. The van der Waals surface area contributed by atoms with E-state index < -0.39 is 0 Å². The van der Waals surface area contributed by atoms with Gasteiger partial charge in [0.25, 0.3) is 5.91 Å². The third-order valence-corrected chi connectivity index (χ3v) is 4.76. The van der Waals surface area contributed by atoms with Gasteiger partial charge < -0.3 is 10.1 Å². The molecule has 1 amide bonds. The Bertz CT molecular complexity index is 927. The summed E-state index contributed by atoms with van der Waals surface area (Å²) >= 11 is 0. The normalized spacial score (nSPS) is 14.0. The monoisotopic (exact) mass is 363 g/mol. The number of ether oxygens (including phenoxy) is 1. The van der Waals surface area contributed by atoms with Crippen LogP contribution in [0.25, 0.3) is 11.1 Å². The van der Waals surface area contributed by atoms with Crippen molar-refractivity contribution >= 4 is 17.7 Å². The highest BCUT2D eigenvalue weighted by atomic mass is 16.5. The maximum Gasteiger partial charge on any atom is 0.251 e. The first-order chi connectivity index (χ1) is 12.9. The van der Waals surface area contributed by atoms with E-state index >= 15 is 0 Å². The summed E-state index contributed by atoms with van der Waals surface area (Å²) in [7, 11) is 1.63. The molecule has 0 saturated heterocycles. The number of nitrogens with zero attached hydrogens (tertiary/aromatic N) is 1. The molecule has 1 saturated carbocycles. The van der Waals surface area contributed by atoms with Gasteiger partial charge in [0.05, 0.1) is 0 Å². The minimum absolute atomic E-state index is 0.0162. The number of amides is 1. The highest BCUT2D eigenvalue weighted by Gasteiger charge is 2.24. The number of benzene rings is 2. The van der Waals surface area contributed by atoms with Gasteiger partial charge >= 0.3 is 0 Å². The number of carbonyl (C=O) groups is 1. The van der Waals surface area contributed by atoms with E-state index in [9.17, 15) is 4.79 Å². The minimum atomic E-state index is -0.0162.